The zero-order valence-corrected chi connectivity index (χ0v) is 8.53. The second kappa shape index (κ2) is 2.99. The fourth-order valence-corrected chi connectivity index (χ4v) is 2.45. The van der Waals surface area contributed by atoms with Crippen LogP contribution in [0.3, 0.4) is 0 Å². The molecule has 1 aromatic rings. The summed E-state index contributed by atoms with van der Waals surface area (Å²) in [6, 6.07) is 9.56. The van der Waals surface area contributed by atoms with Gasteiger partial charge in [-0.05, 0) is 12.5 Å². The van der Waals surface area contributed by atoms with Gasteiger partial charge in [0.1, 0.15) is 0 Å². The molecular weight excluding hydrogens is 200 g/mol. The molecule has 1 fully saturated rings. The van der Waals surface area contributed by atoms with Crippen LogP contribution < -0.4 is 0 Å². The number of carbonyl (C=O) groups is 1. The van der Waals surface area contributed by atoms with Crippen LogP contribution in [0.15, 0.2) is 30.3 Å². The second-order valence-corrected chi connectivity index (χ2v) is 4.35. The predicted molar refractivity (Wildman–Crippen MR) is 54.6 cm³/mol. The van der Waals surface area contributed by atoms with Crippen LogP contribution in [0.5, 0.6) is 0 Å². The van der Waals surface area contributed by atoms with Crippen molar-refractivity contribution in [2.45, 2.75) is 18.2 Å². The molecule has 1 N–H and O–H groups in total. The van der Waals surface area contributed by atoms with Gasteiger partial charge in [-0.1, -0.05) is 30.3 Å². The van der Waals surface area contributed by atoms with Crippen LogP contribution >= 0.6 is 11.6 Å². The lowest BCUT2D eigenvalue weighted by atomic mass is 10.0. The molecule has 2 nitrogen and oxygen atoms in total. The van der Waals surface area contributed by atoms with Gasteiger partial charge in [-0.25, -0.2) is 0 Å². The Morgan fingerprint density at radius 2 is 2.00 bits per heavy atom. The first kappa shape index (κ1) is 9.53. The molecule has 2 rings (SSSR count). The number of carboxylic acid groups (broad SMARTS) is 1. The Balaban J connectivity index is 2.29. The first-order valence-corrected chi connectivity index (χ1v) is 4.94. The third-order valence-corrected chi connectivity index (χ3v) is 3.73. The van der Waals surface area contributed by atoms with E-state index in [1.165, 1.54) is 0 Å². The zero-order valence-electron chi connectivity index (χ0n) is 7.77. The average Bonchev–Trinajstić information content (AvgIpc) is 2.73. The van der Waals surface area contributed by atoms with Crippen molar-refractivity contribution in [1.82, 2.24) is 0 Å². The van der Waals surface area contributed by atoms with Crippen molar-refractivity contribution in [3.05, 3.63) is 35.9 Å². The summed E-state index contributed by atoms with van der Waals surface area (Å²) >= 11 is 6.01. The third-order valence-electron chi connectivity index (χ3n) is 3.02. The number of rotatable bonds is 2. The first-order valence-electron chi connectivity index (χ1n) is 4.51. The molecule has 1 aliphatic rings. The smallest absolute Gasteiger partial charge is 0.311 e. The molecule has 0 aromatic heterocycles. The molecule has 1 aromatic carbocycles. The summed E-state index contributed by atoms with van der Waals surface area (Å²) in [5, 5.41) is 8.74. The van der Waals surface area contributed by atoms with Crippen molar-refractivity contribution in [2.24, 2.45) is 5.41 Å². The highest BCUT2D eigenvalue weighted by molar-refractivity contribution is 6.26. The highest BCUT2D eigenvalue weighted by atomic mass is 35.5. The molecule has 74 valence electrons. The molecule has 0 heterocycles. The molecule has 0 aliphatic heterocycles. The van der Waals surface area contributed by atoms with Crippen LogP contribution in [0.4, 0.5) is 0 Å². The third kappa shape index (κ3) is 1.14. The number of alkyl halides is 1. The van der Waals surface area contributed by atoms with Crippen molar-refractivity contribution in [3.8, 4) is 0 Å². The number of aliphatic carboxylic acids is 1. The Hall–Kier alpha value is -1.02. The van der Waals surface area contributed by atoms with Crippen LogP contribution in [0.2, 0.25) is 0 Å². The number of benzene rings is 1. The quantitative estimate of drug-likeness (QED) is 0.762. The molecule has 0 radical (unpaired) electrons. The summed E-state index contributed by atoms with van der Waals surface area (Å²) in [4.78, 5) is 11.0. The van der Waals surface area contributed by atoms with Gasteiger partial charge in [-0.2, -0.15) is 0 Å². The van der Waals surface area contributed by atoms with E-state index in [2.05, 4.69) is 0 Å². The van der Waals surface area contributed by atoms with Crippen LogP contribution in [0, 0.1) is 5.41 Å². The van der Waals surface area contributed by atoms with E-state index in [4.69, 9.17) is 16.7 Å². The molecule has 0 unspecified atom stereocenters. The Morgan fingerprint density at radius 1 is 1.43 bits per heavy atom. The number of hydrogen-bond donors (Lipinski definition) is 1. The maximum atomic E-state index is 11.0. The maximum absolute atomic E-state index is 11.0. The summed E-state index contributed by atoms with van der Waals surface area (Å²) in [7, 11) is 0. The minimum atomic E-state index is -0.814. The lowest BCUT2D eigenvalue weighted by Crippen LogP contribution is -2.14. The monoisotopic (exact) mass is 210 g/mol. The summed E-state index contributed by atoms with van der Waals surface area (Å²) in [6.45, 7) is 1.70. The highest BCUT2D eigenvalue weighted by Crippen LogP contribution is 2.62. The van der Waals surface area contributed by atoms with Crippen molar-refractivity contribution in [3.63, 3.8) is 0 Å². The maximum Gasteiger partial charge on any atom is 0.311 e. The molecule has 0 amide bonds. The van der Waals surface area contributed by atoms with Crippen LogP contribution in [-0.2, 0) is 4.79 Å². The van der Waals surface area contributed by atoms with Gasteiger partial charge in [0.2, 0.25) is 0 Å². The molecule has 1 saturated carbocycles. The van der Waals surface area contributed by atoms with Gasteiger partial charge >= 0.3 is 5.97 Å². The standard InChI is InChI=1S/C11H11ClO2/c1-11(10(13)14)8(9(11)12)7-5-3-2-4-6-7/h2-6,8-9H,1H3,(H,13,14)/t8-,9-,11+/m1/s1. The molecule has 14 heavy (non-hydrogen) atoms. The van der Waals surface area contributed by atoms with E-state index >= 15 is 0 Å². The topological polar surface area (TPSA) is 37.3 Å². The molecule has 3 atom stereocenters. The van der Waals surface area contributed by atoms with Gasteiger partial charge in [0.15, 0.2) is 0 Å². The fraction of sp³-hybridized carbons (Fsp3) is 0.364. The van der Waals surface area contributed by atoms with Gasteiger partial charge in [0.05, 0.1) is 10.8 Å². The Morgan fingerprint density at radius 3 is 2.43 bits per heavy atom. The van der Waals surface area contributed by atoms with Crippen LogP contribution in [0.25, 0.3) is 0 Å². The van der Waals surface area contributed by atoms with Crippen molar-refractivity contribution in [2.75, 3.05) is 0 Å². The average molecular weight is 211 g/mol. The van der Waals surface area contributed by atoms with Gasteiger partial charge < -0.3 is 5.11 Å². The van der Waals surface area contributed by atoms with Gasteiger partial charge in [0, 0.05) is 5.92 Å². The van der Waals surface area contributed by atoms with E-state index in [9.17, 15) is 4.79 Å². The molecule has 1 aliphatic carbocycles. The van der Waals surface area contributed by atoms with Crippen molar-refractivity contribution < 1.29 is 9.90 Å². The van der Waals surface area contributed by atoms with E-state index in [1.807, 2.05) is 30.3 Å². The first-order chi connectivity index (χ1) is 6.58. The van der Waals surface area contributed by atoms with E-state index in [1.54, 1.807) is 6.92 Å². The van der Waals surface area contributed by atoms with Gasteiger partial charge in [-0.3, -0.25) is 4.79 Å². The summed E-state index contributed by atoms with van der Waals surface area (Å²) in [6.07, 6.45) is 0. The normalized spacial score (nSPS) is 35.3. The van der Waals surface area contributed by atoms with Crippen molar-refractivity contribution in [1.29, 1.82) is 0 Å². The SMILES string of the molecule is C[C@@]1(C(=O)O)[C@H](Cl)[C@H]1c1ccccc1. The molecule has 0 bridgehead atoms. The summed E-state index contributed by atoms with van der Waals surface area (Å²) < 4.78 is 0. The van der Waals surface area contributed by atoms with E-state index < -0.39 is 11.4 Å². The van der Waals surface area contributed by atoms with Crippen LogP contribution in [-0.4, -0.2) is 16.5 Å². The highest BCUT2D eigenvalue weighted by Gasteiger charge is 2.66. The van der Waals surface area contributed by atoms with Crippen LogP contribution in [0.1, 0.15) is 18.4 Å². The molecule has 3 heteroatoms. The van der Waals surface area contributed by atoms with Crippen molar-refractivity contribution >= 4 is 17.6 Å². The van der Waals surface area contributed by atoms with E-state index in [0.29, 0.717) is 0 Å². The lowest BCUT2D eigenvalue weighted by molar-refractivity contribution is -0.142. The largest absolute Gasteiger partial charge is 0.481 e. The summed E-state index contributed by atoms with van der Waals surface area (Å²) in [5.41, 5.74) is 0.223. The Labute approximate surface area is 87.5 Å². The molecule has 0 saturated heterocycles. The number of hydrogen-bond acceptors (Lipinski definition) is 1. The minimum Gasteiger partial charge on any atom is -0.481 e. The molecule has 0 spiro atoms. The van der Waals surface area contributed by atoms with Gasteiger partial charge in [-0.15, -0.1) is 11.6 Å². The minimum absolute atomic E-state index is 0.0529. The van der Waals surface area contributed by atoms with E-state index in [-0.39, 0.29) is 11.3 Å². The number of carboxylic acids is 1. The summed E-state index contributed by atoms with van der Waals surface area (Å²) in [5.74, 6) is -0.866. The fourth-order valence-electron chi connectivity index (χ4n) is 1.89. The number of halogens is 1. The van der Waals surface area contributed by atoms with E-state index in [0.717, 1.165) is 5.56 Å². The zero-order chi connectivity index (χ0) is 10.3. The molecular formula is C11H11ClO2. The predicted octanol–water partition coefficient (Wildman–Crippen LogP) is 2.48. The van der Waals surface area contributed by atoms with Gasteiger partial charge in [0.25, 0.3) is 0 Å². The lowest BCUT2D eigenvalue weighted by Gasteiger charge is -2.03. The second-order valence-electron chi connectivity index (χ2n) is 3.88. The Kier molecular flexibility index (Phi) is 2.04. The Bertz CT molecular complexity index is 363.